The zero-order valence-corrected chi connectivity index (χ0v) is 11.4. The molecule has 2 rings (SSSR count). The first-order chi connectivity index (χ1) is 9.60. The summed E-state index contributed by atoms with van der Waals surface area (Å²) in [7, 11) is 0. The summed E-state index contributed by atoms with van der Waals surface area (Å²) in [6.07, 6.45) is 3.60. The van der Waals surface area contributed by atoms with Crippen LogP contribution in [0.15, 0.2) is 24.3 Å². The van der Waals surface area contributed by atoms with Crippen molar-refractivity contribution in [1.29, 1.82) is 5.26 Å². The van der Waals surface area contributed by atoms with E-state index in [1.165, 1.54) is 12.1 Å². The normalized spacial score (nSPS) is 11.2. The van der Waals surface area contributed by atoms with Gasteiger partial charge in [0.05, 0.1) is 5.69 Å². The van der Waals surface area contributed by atoms with Crippen LogP contribution in [0.4, 0.5) is 4.39 Å². The molecular weight excluding hydrogens is 255 g/mol. The smallest absolute Gasteiger partial charge is 0.190 e. The van der Waals surface area contributed by atoms with Gasteiger partial charge in [-0.2, -0.15) is 5.26 Å². The minimum atomic E-state index is -0.272. The van der Waals surface area contributed by atoms with Crippen LogP contribution in [-0.4, -0.2) is 15.0 Å². The van der Waals surface area contributed by atoms with Gasteiger partial charge in [-0.05, 0) is 29.7 Å². The average molecular weight is 270 g/mol. The van der Waals surface area contributed by atoms with Gasteiger partial charge in [-0.15, -0.1) is 5.10 Å². The maximum absolute atomic E-state index is 12.8. The van der Waals surface area contributed by atoms with E-state index < -0.39 is 0 Å². The van der Waals surface area contributed by atoms with Crippen molar-refractivity contribution in [2.24, 2.45) is 5.92 Å². The van der Waals surface area contributed by atoms with Crippen LogP contribution < -0.4 is 0 Å². The Kier molecular flexibility index (Phi) is 4.26. The van der Waals surface area contributed by atoms with E-state index in [0.717, 1.165) is 5.56 Å². The molecular formula is C15H15FN4. The first-order valence-electron chi connectivity index (χ1n) is 6.37. The summed E-state index contributed by atoms with van der Waals surface area (Å²) < 4.78 is 14.5. The van der Waals surface area contributed by atoms with E-state index in [0.29, 0.717) is 23.9 Å². The van der Waals surface area contributed by atoms with Gasteiger partial charge in [0.2, 0.25) is 0 Å². The molecule has 1 aromatic carbocycles. The zero-order chi connectivity index (χ0) is 14.5. The number of hydrogen-bond acceptors (Lipinski definition) is 3. The van der Waals surface area contributed by atoms with Crippen molar-refractivity contribution in [1.82, 2.24) is 15.0 Å². The summed E-state index contributed by atoms with van der Waals surface area (Å²) in [5.41, 5.74) is 1.82. The minimum absolute atomic E-state index is 0.272. The largest absolute Gasteiger partial charge is 0.244 e. The lowest BCUT2D eigenvalue weighted by Gasteiger charge is -2.05. The quantitative estimate of drug-likeness (QED) is 0.857. The van der Waals surface area contributed by atoms with Gasteiger partial charge in [-0.25, -0.2) is 9.07 Å². The Morgan fingerprint density at radius 2 is 2.00 bits per heavy atom. The van der Waals surface area contributed by atoms with E-state index in [1.54, 1.807) is 22.9 Å². The SMILES string of the molecule is CC(C)Cn1nnc(C#N)c1/C=C/c1ccc(F)cc1. The van der Waals surface area contributed by atoms with Crippen LogP contribution in [0.1, 0.15) is 30.8 Å². The molecule has 20 heavy (non-hydrogen) atoms. The molecule has 0 unspecified atom stereocenters. The molecule has 1 aromatic heterocycles. The highest BCUT2D eigenvalue weighted by molar-refractivity contribution is 5.69. The summed E-state index contributed by atoms with van der Waals surface area (Å²) >= 11 is 0. The molecule has 0 bridgehead atoms. The van der Waals surface area contributed by atoms with E-state index in [1.807, 2.05) is 12.1 Å². The molecule has 0 aliphatic carbocycles. The van der Waals surface area contributed by atoms with Crippen LogP contribution in [0.5, 0.6) is 0 Å². The molecule has 102 valence electrons. The van der Waals surface area contributed by atoms with E-state index in [4.69, 9.17) is 5.26 Å². The Balaban J connectivity index is 2.29. The minimum Gasteiger partial charge on any atom is -0.244 e. The van der Waals surface area contributed by atoms with Crippen LogP contribution in [0, 0.1) is 23.1 Å². The monoisotopic (exact) mass is 270 g/mol. The summed E-state index contributed by atoms with van der Waals surface area (Å²) in [5.74, 6) is 0.132. The van der Waals surface area contributed by atoms with E-state index in [-0.39, 0.29) is 5.82 Å². The number of nitriles is 1. The van der Waals surface area contributed by atoms with E-state index >= 15 is 0 Å². The van der Waals surface area contributed by atoms with Gasteiger partial charge in [0.15, 0.2) is 5.69 Å². The lowest BCUT2D eigenvalue weighted by atomic mass is 10.1. The predicted octanol–water partition coefficient (Wildman–Crippen LogP) is 3.12. The molecule has 5 heteroatoms. The van der Waals surface area contributed by atoms with Crippen molar-refractivity contribution >= 4 is 12.2 Å². The van der Waals surface area contributed by atoms with Crippen LogP contribution in [-0.2, 0) is 6.54 Å². The molecule has 4 nitrogen and oxygen atoms in total. The van der Waals surface area contributed by atoms with Gasteiger partial charge in [-0.3, -0.25) is 0 Å². The van der Waals surface area contributed by atoms with Crippen LogP contribution >= 0.6 is 0 Å². The van der Waals surface area contributed by atoms with Crippen molar-refractivity contribution in [2.45, 2.75) is 20.4 Å². The Bertz CT molecular complexity index is 648. The van der Waals surface area contributed by atoms with Gasteiger partial charge in [0.1, 0.15) is 11.9 Å². The number of nitrogens with zero attached hydrogens (tertiary/aromatic N) is 4. The van der Waals surface area contributed by atoms with Crippen molar-refractivity contribution in [3.8, 4) is 6.07 Å². The Hall–Kier alpha value is -2.48. The van der Waals surface area contributed by atoms with Crippen molar-refractivity contribution in [3.63, 3.8) is 0 Å². The third-order valence-corrected chi connectivity index (χ3v) is 2.72. The molecule has 1 heterocycles. The second-order valence-electron chi connectivity index (χ2n) is 4.90. The topological polar surface area (TPSA) is 54.5 Å². The summed E-state index contributed by atoms with van der Waals surface area (Å²) in [6, 6.07) is 8.17. The molecule has 0 fully saturated rings. The van der Waals surface area contributed by atoms with Crippen molar-refractivity contribution < 1.29 is 4.39 Å². The molecule has 0 aliphatic heterocycles. The lowest BCUT2D eigenvalue weighted by molar-refractivity contribution is 0.469. The standard InChI is InChI=1S/C15H15FN4/c1-11(2)10-20-15(14(9-17)18-19-20)8-5-12-3-6-13(16)7-4-12/h3-8,11H,10H2,1-2H3/b8-5+. The second-order valence-corrected chi connectivity index (χ2v) is 4.90. The van der Waals surface area contributed by atoms with Gasteiger partial charge in [0, 0.05) is 6.54 Å². The maximum atomic E-state index is 12.8. The summed E-state index contributed by atoms with van der Waals surface area (Å²) in [4.78, 5) is 0. The lowest BCUT2D eigenvalue weighted by Crippen LogP contribution is -2.08. The molecule has 0 saturated carbocycles. The fourth-order valence-electron chi connectivity index (χ4n) is 1.79. The Morgan fingerprint density at radius 1 is 1.30 bits per heavy atom. The van der Waals surface area contributed by atoms with Crippen LogP contribution in [0.3, 0.4) is 0 Å². The van der Waals surface area contributed by atoms with Gasteiger partial charge in [-0.1, -0.05) is 37.3 Å². The summed E-state index contributed by atoms with van der Waals surface area (Å²) in [5, 5.41) is 16.9. The molecule has 2 aromatic rings. The molecule has 0 N–H and O–H groups in total. The number of aromatic nitrogens is 3. The average Bonchev–Trinajstić information content (AvgIpc) is 2.79. The third-order valence-electron chi connectivity index (χ3n) is 2.72. The first-order valence-corrected chi connectivity index (χ1v) is 6.37. The molecule has 0 spiro atoms. The van der Waals surface area contributed by atoms with Crippen LogP contribution in [0.25, 0.3) is 12.2 Å². The highest BCUT2D eigenvalue weighted by atomic mass is 19.1. The summed E-state index contributed by atoms with van der Waals surface area (Å²) in [6.45, 7) is 4.83. The van der Waals surface area contributed by atoms with Crippen molar-refractivity contribution in [3.05, 3.63) is 47.0 Å². The number of rotatable bonds is 4. The third kappa shape index (κ3) is 3.29. The Labute approximate surface area is 117 Å². The van der Waals surface area contributed by atoms with E-state index in [9.17, 15) is 4.39 Å². The van der Waals surface area contributed by atoms with Gasteiger partial charge < -0.3 is 0 Å². The van der Waals surface area contributed by atoms with E-state index in [2.05, 4.69) is 24.2 Å². The number of halogens is 1. The highest BCUT2D eigenvalue weighted by Gasteiger charge is 2.10. The highest BCUT2D eigenvalue weighted by Crippen LogP contribution is 2.13. The molecule has 0 aliphatic rings. The number of benzene rings is 1. The second kappa shape index (κ2) is 6.11. The maximum Gasteiger partial charge on any atom is 0.190 e. The molecule has 0 saturated heterocycles. The Morgan fingerprint density at radius 3 is 2.60 bits per heavy atom. The van der Waals surface area contributed by atoms with Crippen LogP contribution in [0.2, 0.25) is 0 Å². The predicted molar refractivity (Wildman–Crippen MR) is 74.9 cm³/mol. The fourth-order valence-corrected chi connectivity index (χ4v) is 1.79. The van der Waals surface area contributed by atoms with Gasteiger partial charge in [0.25, 0.3) is 0 Å². The fraction of sp³-hybridized carbons (Fsp3) is 0.267. The molecule has 0 radical (unpaired) electrons. The molecule has 0 atom stereocenters. The first kappa shape index (κ1) is 13.9. The number of hydrogen-bond donors (Lipinski definition) is 0. The van der Waals surface area contributed by atoms with Crippen molar-refractivity contribution in [2.75, 3.05) is 0 Å². The zero-order valence-electron chi connectivity index (χ0n) is 11.4. The molecule has 0 amide bonds. The van der Waals surface area contributed by atoms with Gasteiger partial charge >= 0.3 is 0 Å².